The quantitative estimate of drug-likeness (QED) is 0.103. The Kier molecular flexibility index (Phi) is 9.13. The van der Waals surface area contributed by atoms with Gasteiger partial charge in [0.1, 0.15) is 24.4 Å². The maximum absolute atomic E-state index is 13.3. The number of benzene rings is 6. The number of aliphatic hydroxyl groups excluding tert-OH is 1. The number of nitrogens with one attached hydrogen (secondary N) is 4. The number of ether oxygens (including phenoxy) is 4. The molecule has 0 radical (unpaired) electrons. The average Bonchev–Trinajstić information content (AvgIpc) is 4.36. The summed E-state index contributed by atoms with van der Waals surface area (Å²) >= 11 is 0. The SMILES string of the molecule is C.CC1(C)O[C@@H]2[C@@H](O)CC(n3c4ccccc4c4c5c(c6c7ccccc7[nH]c6c43)C(=O)NC5=O)[C@@H]2O1.CC1(C)O[C@@H]2[C@H](C#N)CC(n3c4ccccc4c4c5c(c6c7ccccc7[nH]c6c43)C(=O)NC5=O)[C@@H]2O1. The van der Waals surface area contributed by atoms with Crippen LogP contribution in [0.5, 0.6) is 0 Å². The van der Waals surface area contributed by atoms with Crippen molar-refractivity contribution in [2.45, 2.75) is 102 Å². The lowest BCUT2D eigenvalue weighted by Crippen LogP contribution is -2.28. The molecule has 2 unspecified atom stereocenters. The highest BCUT2D eigenvalue weighted by Gasteiger charge is 2.57. The van der Waals surface area contributed by atoms with E-state index in [1.54, 1.807) is 0 Å². The van der Waals surface area contributed by atoms with E-state index in [4.69, 9.17) is 18.9 Å². The molecule has 0 bridgehead atoms. The maximum atomic E-state index is 13.3. The van der Waals surface area contributed by atoms with Crippen molar-refractivity contribution in [2.75, 3.05) is 0 Å². The monoisotopic (exact) mass is 987 g/mol. The summed E-state index contributed by atoms with van der Waals surface area (Å²) in [5.74, 6) is -3.47. The van der Waals surface area contributed by atoms with Gasteiger partial charge in [0, 0.05) is 65.2 Å². The van der Waals surface area contributed by atoms with Crippen LogP contribution < -0.4 is 10.6 Å². The first-order chi connectivity index (χ1) is 35.2. The first-order valence-corrected chi connectivity index (χ1v) is 24.7. The zero-order valence-electron chi connectivity index (χ0n) is 39.8. The van der Waals surface area contributed by atoms with Crippen molar-refractivity contribution in [3.05, 3.63) is 119 Å². The Morgan fingerprint density at radius 3 is 1.38 bits per heavy atom. The van der Waals surface area contributed by atoms with E-state index in [0.29, 0.717) is 35.1 Å². The number of para-hydroxylation sites is 4. The van der Waals surface area contributed by atoms with E-state index >= 15 is 0 Å². The smallest absolute Gasteiger partial charge is 0.259 e. The summed E-state index contributed by atoms with van der Waals surface area (Å²) < 4.78 is 29.4. The second kappa shape index (κ2) is 15.1. The van der Waals surface area contributed by atoms with Crippen LogP contribution >= 0.6 is 0 Å². The number of hydrogen-bond donors (Lipinski definition) is 5. The van der Waals surface area contributed by atoms with E-state index in [0.717, 1.165) is 87.2 Å². The Morgan fingerprint density at radius 2 is 0.905 bits per heavy atom. The molecule has 6 aliphatic rings. The summed E-state index contributed by atoms with van der Waals surface area (Å²) in [6, 6.07) is 33.5. The number of imide groups is 2. The molecule has 370 valence electrons. The van der Waals surface area contributed by atoms with Crippen molar-refractivity contribution in [1.29, 1.82) is 5.26 Å². The summed E-state index contributed by atoms with van der Waals surface area (Å²) in [6.45, 7) is 7.47. The third-order valence-electron chi connectivity index (χ3n) is 16.2. The predicted molar refractivity (Wildman–Crippen MR) is 278 cm³/mol. The summed E-state index contributed by atoms with van der Waals surface area (Å²) in [7, 11) is 0. The van der Waals surface area contributed by atoms with Gasteiger partial charge < -0.3 is 43.2 Å². The fraction of sp³-hybridized carbons (Fsp3) is 0.293. The molecule has 4 aliphatic heterocycles. The normalized spacial score (nSPS) is 26.3. The van der Waals surface area contributed by atoms with Gasteiger partial charge >= 0.3 is 0 Å². The third kappa shape index (κ3) is 5.78. The van der Waals surface area contributed by atoms with E-state index in [1.165, 1.54) is 0 Å². The minimum absolute atomic E-state index is 0. The number of carbonyl (C=O) groups excluding carboxylic acids is 4. The van der Waals surface area contributed by atoms with Crippen LogP contribution in [0.25, 0.3) is 87.2 Å². The van der Waals surface area contributed by atoms with E-state index < -0.39 is 23.8 Å². The molecule has 2 saturated carbocycles. The van der Waals surface area contributed by atoms with Crippen molar-refractivity contribution in [1.82, 2.24) is 29.7 Å². The van der Waals surface area contributed by atoms with Gasteiger partial charge in [-0.1, -0.05) is 80.2 Å². The first kappa shape index (κ1) is 44.8. The lowest BCUT2D eigenvalue weighted by Gasteiger charge is -2.25. The van der Waals surface area contributed by atoms with Gasteiger partial charge in [-0.3, -0.25) is 29.8 Å². The number of carbonyl (C=O) groups is 4. The second-order valence-corrected chi connectivity index (χ2v) is 21.2. The molecule has 4 fully saturated rings. The van der Waals surface area contributed by atoms with Gasteiger partial charge in [0.15, 0.2) is 11.6 Å². The summed E-state index contributed by atoms with van der Waals surface area (Å²) in [6.07, 6.45) is -1.17. The van der Waals surface area contributed by atoms with Crippen LogP contribution in [-0.2, 0) is 18.9 Å². The molecule has 8 heterocycles. The van der Waals surface area contributed by atoms with Crippen molar-refractivity contribution in [3.8, 4) is 6.07 Å². The van der Waals surface area contributed by atoms with Crippen LogP contribution in [0.15, 0.2) is 97.1 Å². The second-order valence-electron chi connectivity index (χ2n) is 21.2. The topological polar surface area (TPSA) is 215 Å². The molecular formula is C58H49N7O9. The van der Waals surface area contributed by atoms with Gasteiger partial charge in [-0.05, 0) is 64.8 Å². The lowest BCUT2D eigenvalue weighted by molar-refractivity contribution is -0.165. The Morgan fingerprint density at radius 1 is 0.527 bits per heavy atom. The van der Waals surface area contributed by atoms with Gasteiger partial charge in [-0.15, -0.1) is 0 Å². The third-order valence-corrected chi connectivity index (χ3v) is 16.2. The fourth-order valence-corrected chi connectivity index (χ4v) is 13.7. The lowest BCUT2D eigenvalue weighted by atomic mass is 9.96. The van der Waals surface area contributed by atoms with Crippen LogP contribution in [0.3, 0.4) is 0 Å². The Balaban J connectivity index is 0.000000135. The minimum Gasteiger partial charge on any atom is -0.390 e. The van der Waals surface area contributed by atoms with Crippen LogP contribution in [0.4, 0.5) is 0 Å². The number of hydrogen-bond acceptors (Lipinski definition) is 10. The highest BCUT2D eigenvalue weighted by molar-refractivity contribution is 6.41. The molecule has 4 aromatic heterocycles. The number of rotatable bonds is 2. The zero-order valence-corrected chi connectivity index (χ0v) is 39.8. The number of amides is 4. The van der Waals surface area contributed by atoms with Crippen LogP contribution in [-0.4, -0.2) is 89.9 Å². The molecule has 2 aliphatic carbocycles. The van der Waals surface area contributed by atoms with Gasteiger partial charge in [0.2, 0.25) is 0 Å². The van der Waals surface area contributed by atoms with Crippen LogP contribution in [0, 0.1) is 17.2 Å². The van der Waals surface area contributed by atoms with Crippen molar-refractivity contribution >= 4 is 111 Å². The number of fused-ring (bicyclic) bond motifs is 22. The fourth-order valence-electron chi connectivity index (χ4n) is 13.7. The molecule has 16 heteroatoms. The molecule has 8 atom stereocenters. The zero-order chi connectivity index (χ0) is 49.7. The van der Waals surface area contributed by atoms with Crippen LogP contribution in [0.1, 0.15) is 101 Å². The van der Waals surface area contributed by atoms with E-state index in [-0.39, 0.29) is 67.4 Å². The number of H-pyrrole nitrogens is 2. The van der Waals surface area contributed by atoms with E-state index in [2.05, 4.69) is 35.8 Å². The van der Waals surface area contributed by atoms with E-state index in [9.17, 15) is 29.5 Å². The first-order valence-electron chi connectivity index (χ1n) is 24.7. The minimum atomic E-state index is -0.808. The van der Waals surface area contributed by atoms with Gasteiger partial charge in [-0.25, -0.2) is 0 Å². The van der Waals surface area contributed by atoms with Crippen molar-refractivity contribution < 1.29 is 43.2 Å². The van der Waals surface area contributed by atoms with E-state index in [1.807, 2.05) is 125 Å². The molecule has 6 aromatic carbocycles. The van der Waals surface area contributed by atoms with Gasteiger partial charge in [0.05, 0.1) is 74.5 Å². The number of aromatic amines is 2. The summed E-state index contributed by atoms with van der Waals surface area (Å²) in [5, 5.41) is 32.5. The molecule has 5 N–H and O–H groups in total. The number of nitrogens with zero attached hydrogens (tertiary/aromatic N) is 3. The number of aromatic nitrogens is 4. The molecular weight excluding hydrogens is 939 g/mol. The number of aliphatic hydroxyl groups is 1. The number of nitriles is 1. The maximum Gasteiger partial charge on any atom is 0.259 e. The van der Waals surface area contributed by atoms with Crippen molar-refractivity contribution in [3.63, 3.8) is 0 Å². The average molecular weight is 988 g/mol. The molecule has 16 rings (SSSR count). The standard InChI is InChI=1S/C29H22N4O4.C28H23N3O5.CH4/c1-29(2)36-25-13(12-30)11-18(26(25)37-29)33-17-10-6-4-8-15(17)20-22-21(27(34)32-28(22)35)19-14-7-3-5-9-16(14)31-23(19)24(20)33;1-28(2)35-24-16(11-17(32)25(24)36-28)31-15-10-6-4-8-13(15)19-21-20(26(33)30-27(21)34)18-12-7-3-5-9-14(12)29-22(18)23(19)31;/h3-10,13,18,25-26,31H,11H2,1-2H3,(H,32,34,35);3-10,16-17,24-25,29,32H,11H2,1-2H3,(H,30,33,34);1H4/t13-,18?,25+,26-;16?,17-,24-,25+;/m00./s1. The molecule has 4 amide bonds. The Labute approximate surface area is 421 Å². The Bertz CT molecular complexity index is 4260. The molecule has 2 saturated heterocycles. The highest BCUT2D eigenvalue weighted by Crippen LogP contribution is 2.53. The molecule has 74 heavy (non-hydrogen) atoms. The molecule has 16 nitrogen and oxygen atoms in total. The largest absolute Gasteiger partial charge is 0.390 e. The van der Waals surface area contributed by atoms with Gasteiger partial charge in [0.25, 0.3) is 23.6 Å². The summed E-state index contributed by atoms with van der Waals surface area (Å²) in [4.78, 5) is 59.9. The molecule has 0 spiro atoms. The summed E-state index contributed by atoms with van der Waals surface area (Å²) in [5.41, 5.74) is 8.50. The Hall–Kier alpha value is -7.91. The highest BCUT2D eigenvalue weighted by atomic mass is 16.8. The molecule has 10 aromatic rings. The van der Waals surface area contributed by atoms with Crippen LogP contribution in [0.2, 0.25) is 0 Å². The predicted octanol–water partition coefficient (Wildman–Crippen LogP) is 9.69. The van der Waals surface area contributed by atoms with Gasteiger partial charge in [-0.2, -0.15) is 5.26 Å². The van der Waals surface area contributed by atoms with Crippen molar-refractivity contribution in [2.24, 2.45) is 5.92 Å².